The van der Waals surface area contributed by atoms with E-state index in [-0.39, 0.29) is 19.8 Å². The number of carbonyl (C=O) groups excluding carboxylic acids is 1. The van der Waals surface area contributed by atoms with E-state index in [1.807, 2.05) is 0 Å². The van der Waals surface area contributed by atoms with Gasteiger partial charge in [0.25, 0.3) is 0 Å². The highest BCUT2D eigenvalue weighted by molar-refractivity contribution is 5.87. The van der Waals surface area contributed by atoms with Gasteiger partial charge in [0.15, 0.2) is 0 Å². The van der Waals surface area contributed by atoms with Crippen molar-refractivity contribution < 1.29 is 34.7 Å². The molecule has 0 saturated carbocycles. The summed E-state index contributed by atoms with van der Waals surface area (Å²) >= 11 is 0. The van der Waals surface area contributed by atoms with Gasteiger partial charge in [-0.2, -0.15) is 0 Å². The van der Waals surface area contributed by atoms with E-state index in [0.717, 1.165) is 5.56 Å². The summed E-state index contributed by atoms with van der Waals surface area (Å²) in [6.07, 6.45) is 0.724. The first-order valence-corrected chi connectivity index (χ1v) is 6.70. The zero-order chi connectivity index (χ0) is 16.4. The maximum Gasteiger partial charge on any atom is 0.330 e. The van der Waals surface area contributed by atoms with Crippen LogP contribution in [0.5, 0.6) is 5.75 Å². The Balaban J connectivity index is 2.43. The third-order valence-corrected chi connectivity index (χ3v) is 2.57. The fourth-order valence-corrected chi connectivity index (χ4v) is 1.36. The van der Waals surface area contributed by atoms with E-state index < -0.39 is 24.8 Å². The van der Waals surface area contributed by atoms with Crippen LogP contribution >= 0.6 is 0 Å². The lowest BCUT2D eigenvalue weighted by Gasteiger charge is -2.09. The van der Waals surface area contributed by atoms with E-state index >= 15 is 0 Å². The summed E-state index contributed by atoms with van der Waals surface area (Å²) in [7, 11) is 0. The average Bonchev–Trinajstić information content (AvgIpc) is 2.56. The standard InChI is InChI=1S/C15H20O7/c16-7-12(18)9-21-14-4-1-11(2-5-14)3-6-15(20)22-10-13(19)8-17/h1-6,12-13,16-19H,7-10H2. The van der Waals surface area contributed by atoms with Crippen molar-refractivity contribution in [3.05, 3.63) is 35.9 Å². The molecule has 1 rings (SSSR count). The number of benzene rings is 1. The van der Waals surface area contributed by atoms with Gasteiger partial charge < -0.3 is 29.9 Å². The number of aliphatic hydroxyl groups excluding tert-OH is 4. The number of carbonyl (C=O) groups is 1. The number of hydrogen-bond donors (Lipinski definition) is 4. The van der Waals surface area contributed by atoms with E-state index in [2.05, 4.69) is 0 Å². The molecule has 0 spiro atoms. The van der Waals surface area contributed by atoms with Crippen molar-refractivity contribution in [2.45, 2.75) is 12.2 Å². The van der Waals surface area contributed by atoms with Gasteiger partial charge in [0.2, 0.25) is 0 Å². The molecule has 1 aromatic rings. The second-order valence-corrected chi connectivity index (χ2v) is 4.52. The Labute approximate surface area is 128 Å². The Morgan fingerprint density at radius 1 is 1.05 bits per heavy atom. The maximum atomic E-state index is 11.3. The quantitative estimate of drug-likeness (QED) is 0.353. The molecule has 22 heavy (non-hydrogen) atoms. The predicted molar refractivity (Wildman–Crippen MR) is 78.1 cm³/mol. The zero-order valence-electron chi connectivity index (χ0n) is 12.0. The van der Waals surface area contributed by atoms with Crippen LogP contribution in [0.15, 0.2) is 30.3 Å². The van der Waals surface area contributed by atoms with Crippen LogP contribution in [0.2, 0.25) is 0 Å². The molecule has 0 aliphatic rings. The molecule has 0 radical (unpaired) electrons. The van der Waals surface area contributed by atoms with Crippen molar-refractivity contribution >= 4 is 12.0 Å². The van der Waals surface area contributed by atoms with Crippen molar-refractivity contribution in [3.63, 3.8) is 0 Å². The highest BCUT2D eigenvalue weighted by atomic mass is 16.5. The van der Waals surface area contributed by atoms with E-state index in [1.165, 1.54) is 12.2 Å². The minimum atomic E-state index is -1.08. The van der Waals surface area contributed by atoms with Gasteiger partial charge in [-0.15, -0.1) is 0 Å². The van der Waals surface area contributed by atoms with Crippen molar-refractivity contribution in [2.75, 3.05) is 26.4 Å². The Bertz CT molecular complexity index is 469. The molecule has 7 nitrogen and oxygen atoms in total. The van der Waals surface area contributed by atoms with Gasteiger partial charge in [0.05, 0.1) is 13.2 Å². The molecule has 7 heteroatoms. The molecule has 122 valence electrons. The van der Waals surface area contributed by atoms with Crippen molar-refractivity contribution in [1.29, 1.82) is 0 Å². The fraction of sp³-hybridized carbons (Fsp3) is 0.400. The number of ether oxygens (including phenoxy) is 2. The predicted octanol–water partition coefficient (Wildman–Crippen LogP) is -0.672. The van der Waals surface area contributed by atoms with Crippen LogP contribution in [0.25, 0.3) is 6.08 Å². The van der Waals surface area contributed by atoms with Crippen molar-refractivity contribution in [3.8, 4) is 5.75 Å². The summed E-state index contributed by atoms with van der Waals surface area (Å²) in [5, 5.41) is 35.4. The van der Waals surface area contributed by atoms with E-state index in [4.69, 9.17) is 29.9 Å². The highest BCUT2D eigenvalue weighted by Gasteiger charge is 2.05. The van der Waals surface area contributed by atoms with Crippen LogP contribution < -0.4 is 4.74 Å². The second-order valence-electron chi connectivity index (χ2n) is 4.52. The molecule has 0 aromatic heterocycles. The van der Waals surface area contributed by atoms with Gasteiger partial charge in [-0.1, -0.05) is 12.1 Å². The van der Waals surface area contributed by atoms with Crippen LogP contribution in [0.1, 0.15) is 5.56 Å². The van der Waals surface area contributed by atoms with Gasteiger partial charge in [-0.05, 0) is 23.8 Å². The first-order chi connectivity index (χ1) is 10.5. The number of hydrogen-bond acceptors (Lipinski definition) is 7. The molecule has 4 N–H and O–H groups in total. The van der Waals surface area contributed by atoms with Crippen molar-refractivity contribution in [1.82, 2.24) is 0 Å². The molecule has 0 aliphatic carbocycles. The largest absolute Gasteiger partial charge is 0.491 e. The summed E-state index contributed by atoms with van der Waals surface area (Å²) in [5.74, 6) is -0.0998. The molecule has 0 amide bonds. The molecule has 0 saturated heterocycles. The van der Waals surface area contributed by atoms with Crippen LogP contribution in [0.4, 0.5) is 0 Å². The topological polar surface area (TPSA) is 116 Å². The molecule has 2 atom stereocenters. The monoisotopic (exact) mass is 312 g/mol. The van der Waals surface area contributed by atoms with Gasteiger partial charge >= 0.3 is 5.97 Å². The Morgan fingerprint density at radius 2 is 1.64 bits per heavy atom. The smallest absolute Gasteiger partial charge is 0.330 e. The summed E-state index contributed by atoms with van der Waals surface area (Å²) in [5.41, 5.74) is 0.731. The number of aliphatic hydroxyl groups is 4. The number of esters is 1. The van der Waals surface area contributed by atoms with Gasteiger partial charge in [-0.3, -0.25) is 0 Å². The summed E-state index contributed by atoms with van der Waals surface area (Å²) in [6.45, 7) is -1.11. The maximum absolute atomic E-state index is 11.3. The molecule has 1 aromatic carbocycles. The summed E-state index contributed by atoms with van der Waals surface area (Å²) in [4.78, 5) is 11.3. The molecule has 2 unspecified atom stereocenters. The third-order valence-electron chi connectivity index (χ3n) is 2.57. The Kier molecular flexibility index (Phi) is 8.16. The zero-order valence-corrected chi connectivity index (χ0v) is 12.0. The minimum absolute atomic E-state index is 0.00873. The molecular weight excluding hydrogens is 292 g/mol. The van der Waals surface area contributed by atoms with Crippen LogP contribution in [0.3, 0.4) is 0 Å². The number of rotatable bonds is 9. The van der Waals surface area contributed by atoms with E-state index in [9.17, 15) is 4.79 Å². The first-order valence-electron chi connectivity index (χ1n) is 6.70. The summed E-state index contributed by atoms with van der Waals surface area (Å²) < 4.78 is 9.94. The normalized spacial score (nSPS) is 13.8. The molecule has 0 fully saturated rings. The Hall–Kier alpha value is -1.93. The van der Waals surface area contributed by atoms with E-state index in [0.29, 0.717) is 5.75 Å². The van der Waals surface area contributed by atoms with Crippen LogP contribution in [-0.2, 0) is 9.53 Å². The van der Waals surface area contributed by atoms with Gasteiger partial charge in [0, 0.05) is 6.08 Å². The Morgan fingerprint density at radius 3 is 2.23 bits per heavy atom. The summed E-state index contributed by atoms with van der Waals surface area (Å²) in [6, 6.07) is 6.72. The lowest BCUT2D eigenvalue weighted by molar-refractivity contribution is -0.141. The molecule has 0 heterocycles. The van der Waals surface area contributed by atoms with E-state index in [1.54, 1.807) is 24.3 Å². The molecule has 0 bridgehead atoms. The lowest BCUT2D eigenvalue weighted by atomic mass is 10.2. The minimum Gasteiger partial charge on any atom is -0.491 e. The average molecular weight is 312 g/mol. The van der Waals surface area contributed by atoms with Crippen molar-refractivity contribution in [2.24, 2.45) is 0 Å². The molecular formula is C15H20O7. The third kappa shape index (κ3) is 7.19. The van der Waals surface area contributed by atoms with Crippen LogP contribution in [-0.4, -0.2) is 65.0 Å². The van der Waals surface area contributed by atoms with Crippen LogP contribution in [0, 0.1) is 0 Å². The second kappa shape index (κ2) is 9.91. The molecule has 0 aliphatic heterocycles. The fourth-order valence-electron chi connectivity index (χ4n) is 1.36. The SMILES string of the molecule is O=C(C=Cc1ccc(OCC(O)CO)cc1)OCC(O)CO. The first kappa shape index (κ1) is 18.1. The highest BCUT2D eigenvalue weighted by Crippen LogP contribution is 2.13. The van der Waals surface area contributed by atoms with Gasteiger partial charge in [0.1, 0.15) is 31.2 Å². The lowest BCUT2D eigenvalue weighted by Crippen LogP contribution is -2.21. The van der Waals surface area contributed by atoms with Gasteiger partial charge in [-0.25, -0.2) is 4.79 Å².